The number of aryl methyl sites for hydroxylation is 1. The molecule has 1 aliphatic rings. The molecule has 1 aliphatic heterocycles. The molecule has 1 N–H and O–H groups in total. The number of methoxy groups -OCH3 is 2. The molecule has 0 bridgehead atoms. The van der Waals surface area contributed by atoms with Gasteiger partial charge in [-0.2, -0.15) is 0 Å². The van der Waals surface area contributed by atoms with E-state index in [1.165, 1.54) is 16.0 Å². The predicted octanol–water partition coefficient (Wildman–Crippen LogP) is 3.67. The van der Waals surface area contributed by atoms with Gasteiger partial charge in [0.2, 0.25) is 5.91 Å². The quantitative estimate of drug-likeness (QED) is 0.930. The Morgan fingerprint density at radius 2 is 1.91 bits per heavy atom. The van der Waals surface area contributed by atoms with Gasteiger partial charge in [0.05, 0.1) is 19.5 Å². The van der Waals surface area contributed by atoms with E-state index in [1.54, 1.807) is 38.1 Å². The van der Waals surface area contributed by atoms with E-state index in [2.05, 4.69) is 30.4 Å². The fourth-order valence-corrected chi connectivity index (χ4v) is 3.91. The smallest absolute Gasteiger partial charge is 0.238 e. The molecular formula is C18H19NO3S. The Kier molecular flexibility index (Phi) is 4.48. The molecule has 0 radical (unpaired) electrons. The van der Waals surface area contributed by atoms with Gasteiger partial charge < -0.3 is 14.8 Å². The van der Waals surface area contributed by atoms with E-state index in [4.69, 9.17) is 9.47 Å². The Bertz CT molecular complexity index is 745. The van der Waals surface area contributed by atoms with Crippen LogP contribution in [0.4, 0.5) is 5.69 Å². The molecule has 1 amide bonds. The molecule has 2 aromatic rings. The number of nitrogens with one attached hydrogen (secondary N) is 1. The zero-order valence-electron chi connectivity index (χ0n) is 13.4. The van der Waals surface area contributed by atoms with Crippen LogP contribution in [0.1, 0.15) is 11.1 Å². The van der Waals surface area contributed by atoms with Gasteiger partial charge in [-0.25, -0.2) is 0 Å². The highest BCUT2D eigenvalue weighted by atomic mass is 32.2. The number of benzene rings is 2. The lowest BCUT2D eigenvalue weighted by molar-refractivity contribution is -0.115. The van der Waals surface area contributed by atoms with Crippen LogP contribution in [0, 0.1) is 6.92 Å². The second-order valence-electron chi connectivity index (χ2n) is 5.48. The van der Waals surface area contributed by atoms with Crippen molar-refractivity contribution in [2.24, 2.45) is 0 Å². The van der Waals surface area contributed by atoms with Crippen LogP contribution in [0.3, 0.4) is 0 Å². The molecular weight excluding hydrogens is 310 g/mol. The summed E-state index contributed by atoms with van der Waals surface area (Å²) in [6.45, 7) is 2.07. The van der Waals surface area contributed by atoms with E-state index >= 15 is 0 Å². The predicted molar refractivity (Wildman–Crippen MR) is 92.7 cm³/mol. The summed E-state index contributed by atoms with van der Waals surface area (Å²) in [6.07, 6.45) is 0.763. The minimum atomic E-state index is -0.0973. The van der Waals surface area contributed by atoms with Crippen molar-refractivity contribution in [3.63, 3.8) is 0 Å². The highest BCUT2D eigenvalue weighted by Gasteiger charge is 2.28. The highest BCUT2D eigenvalue weighted by Crippen LogP contribution is 2.38. The first-order valence-electron chi connectivity index (χ1n) is 7.40. The molecule has 0 fully saturated rings. The molecule has 120 valence electrons. The lowest BCUT2D eigenvalue weighted by Gasteiger charge is -2.12. The molecule has 1 unspecified atom stereocenters. The number of carbonyl (C=O) groups excluding carboxylic acids is 1. The maximum Gasteiger partial charge on any atom is 0.238 e. The molecule has 1 atom stereocenters. The van der Waals surface area contributed by atoms with Crippen LogP contribution < -0.4 is 14.8 Å². The van der Waals surface area contributed by atoms with E-state index in [-0.39, 0.29) is 11.2 Å². The van der Waals surface area contributed by atoms with E-state index < -0.39 is 0 Å². The lowest BCUT2D eigenvalue weighted by atomic mass is 10.1. The van der Waals surface area contributed by atoms with Crippen LogP contribution in [-0.4, -0.2) is 25.4 Å². The Morgan fingerprint density at radius 3 is 2.65 bits per heavy atom. The van der Waals surface area contributed by atoms with E-state index in [9.17, 15) is 4.79 Å². The molecule has 0 saturated heterocycles. The Balaban J connectivity index is 1.71. The summed E-state index contributed by atoms with van der Waals surface area (Å²) in [7, 11) is 3.17. The first-order chi connectivity index (χ1) is 11.1. The molecule has 0 aliphatic carbocycles. The Hall–Kier alpha value is -2.14. The number of hydrogen-bond acceptors (Lipinski definition) is 4. The van der Waals surface area contributed by atoms with Crippen molar-refractivity contribution in [1.82, 2.24) is 0 Å². The molecule has 5 heteroatoms. The second kappa shape index (κ2) is 6.54. The normalized spacial score (nSPS) is 15.9. The minimum Gasteiger partial charge on any atom is -0.493 e. The highest BCUT2D eigenvalue weighted by molar-refractivity contribution is 8.01. The maximum atomic E-state index is 12.5. The molecule has 0 saturated carbocycles. The van der Waals surface area contributed by atoms with Gasteiger partial charge in [-0.1, -0.05) is 17.7 Å². The standard InChI is InChI=1S/C18H19NO3S/c1-11-4-5-12-9-17(23-16(12)8-11)18(20)19-13-6-7-14(21-2)15(10-13)22-3/h4-8,10,17H,9H2,1-3H3,(H,19,20). The zero-order chi connectivity index (χ0) is 16.4. The topological polar surface area (TPSA) is 47.6 Å². The summed E-state index contributed by atoms with van der Waals surface area (Å²) in [5, 5.41) is 2.87. The van der Waals surface area contributed by atoms with Gasteiger partial charge in [-0.3, -0.25) is 4.79 Å². The van der Waals surface area contributed by atoms with Crippen LogP contribution in [0.25, 0.3) is 0 Å². The summed E-state index contributed by atoms with van der Waals surface area (Å²) < 4.78 is 10.5. The summed E-state index contributed by atoms with van der Waals surface area (Å²) in [5.74, 6) is 1.25. The first kappa shape index (κ1) is 15.7. The van der Waals surface area contributed by atoms with Crippen LogP contribution in [0.5, 0.6) is 11.5 Å². The van der Waals surface area contributed by atoms with Gasteiger partial charge in [-0.15, -0.1) is 11.8 Å². The molecule has 23 heavy (non-hydrogen) atoms. The van der Waals surface area contributed by atoms with Crippen LogP contribution >= 0.6 is 11.8 Å². The first-order valence-corrected chi connectivity index (χ1v) is 8.27. The number of hydrogen-bond donors (Lipinski definition) is 1. The van der Waals surface area contributed by atoms with Crippen molar-refractivity contribution in [3.8, 4) is 11.5 Å². The zero-order valence-corrected chi connectivity index (χ0v) is 14.2. The van der Waals surface area contributed by atoms with Gasteiger partial charge in [-0.05, 0) is 37.1 Å². The van der Waals surface area contributed by atoms with Gasteiger partial charge >= 0.3 is 0 Å². The summed E-state index contributed by atoms with van der Waals surface area (Å²) in [6, 6.07) is 11.7. The van der Waals surface area contributed by atoms with Crippen molar-refractivity contribution in [2.75, 3.05) is 19.5 Å². The largest absolute Gasteiger partial charge is 0.493 e. The van der Waals surface area contributed by atoms with Crippen LogP contribution in [-0.2, 0) is 11.2 Å². The van der Waals surface area contributed by atoms with E-state index in [1.807, 2.05) is 6.07 Å². The van der Waals surface area contributed by atoms with Gasteiger partial charge in [0.1, 0.15) is 0 Å². The van der Waals surface area contributed by atoms with Crippen molar-refractivity contribution in [3.05, 3.63) is 47.5 Å². The van der Waals surface area contributed by atoms with Gasteiger partial charge in [0.15, 0.2) is 11.5 Å². The number of ether oxygens (including phenoxy) is 2. The Morgan fingerprint density at radius 1 is 1.13 bits per heavy atom. The molecule has 0 aromatic heterocycles. The summed E-state index contributed by atoms with van der Waals surface area (Å²) in [4.78, 5) is 13.7. The third kappa shape index (κ3) is 3.29. The van der Waals surface area contributed by atoms with Crippen molar-refractivity contribution >= 4 is 23.4 Å². The number of amides is 1. The molecule has 1 heterocycles. The third-order valence-corrected chi connectivity index (χ3v) is 5.14. The number of thioether (sulfide) groups is 1. The molecule has 2 aromatic carbocycles. The van der Waals surface area contributed by atoms with Gasteiger partial charge in [0, 0.05) is 16.6 Å². The fourth-order valence-electron chi connectivity index (χ4n) is 2.62. The van der Waals surface area contributed by atoms with Crippen molar-refractivity contribution in [1.29, 1.82) is 0 Å². The van der Waals surface area contributed by atoms with Crippen LogP contribution in [0.2, 0.25) is 0 Å². The number of carbonyl (C=O) groups is 1. The molecule has 3 rings (SSSR count). The van der Waals surface area contributed by atoms with Crippen molar-refractivity contribution in [2.45, 2.75) is 23.5 Å². The summed E-state index contributed by atoms with van der Waals surface area (Å²) >= 11 is 1.63. The van der Waals surface area contributed by atoms with E-state index in [0.717, 1.165) is 6.42 Å². The monoisotopic (exact) mass is 329 g/mol. The SMILES string of the molecule is COc1ccc(NC(=O)C2Cc3ccc(C)cc3S2)cc1OC. The average Bonchev–Trinajstić information content (AvgIpc) is 2.97. The number of rotatable bonds is 4. The van der Waals surface area contributed by atoms with Crippen molar-refractivity contribution < 1.29 is 14.3 Å². The fraction of sp³-hybridized carbons (Fsp3) is 0.278. The minimum absolute atomic E-state index is 0.0103. The second-order valence-corrected chi connectivity index (χ2v) is 6.73. The van der Waals surface area contributed by atoms with Gasteiger partial charge in [0.25, 0.3) is 0 Å². The number of fused-ring (bicyclic) bond motifs is 1. The average molecular weight is 329 g/mol. The number of anilines is 1. The maximum absolute atomic E-state index is 12.5. The third-order valence-electron chi connectivity index (χ3n) is 3.84. The summed E-state index contributed by atoms with van der Waals surface area (Å²) in [5.41, 5.74) is 3.17. The Labute approximate surface area is 140 Å². The molecule has 4 nitrogen and oxygen atoms in total. The lowest BCUT2D eigenvalue weighted by Crippen LogP contribution is -2.24. The van der Waals surface area contributed by atoms with Crippen LogP contribution in [0.15, 0.2) is 41.3 Å². The van der Waals surface area contributed by atoms with E-state index in [0.29, 0.717) is 17.2 Å². The molecule has 0 spiro atoms.